The number of esters is 1. The van der Waals surface area contributed by atoms with Crippen LogP contribution in [0.1, 0.15) is 32.1 Å². The van der Waals surface area contributed by atoms with Crippen molar-refractivity contribution in [2.24, 2.45) is 0 Å². The van der Waals surface area contributed by atoms with Crippen LogP contribution in [0.15, 0.2) is 24.5 Å². The molecule has 78 valence electrons. The molecule has 0 aromatic rings. The van der Waals surface area contributed by atoms with Gasteiger partial charge in [-0.15, -0.1) is 0 Å². The molecule has 1 atom stereocenters. The largest absolute Gasteiger partial charge is 0.502 e. The van der Waals surface area contributed by atoms with E-state index in [4.69, 9.17) is 9.84 Å². The van der Waals surface area contributed by atoms with Crippen molar-refractivity contribution in [2.75, 3.05) is 0 Å². The third kappa shape index (κ3) is 3.64. The number of allylic oxidation sites excluding steroid dienone is 2. The van der Waals surface area contributed by atoms with E-state index < -0.39 is 11.7 Å². The second kappa shape index (κ2) is 5.47. The Morgan fingerprint density at radius 3 is 2.79 bits per heavy atom. The molecular weight excluding hydrogens is 180 g/mol. The van der Waals surface area contributed by atoms with Crippen LogP contribution in [0.4, 0.5) is 0 Å². The molecule has 1 aliphatic carbocycles. The van der Waals surface area contributed by atoms with Gasteiger partial charge in [0.1, 0.15) is 6.10 Å². The van der Waals surface area contributed by atoms with Crippen LogP contribution in [0, 0.1) is 0 Å². The van der Waals surface area contributed by atoms with Crippen molar-refractivity contribution < 1.29 is 14.6 Å². The van der Waals surface area contributed by atoms with Gasteiger partial charge in [0.05, 0.1) is 0 Å². The van der Waals surface area contributed by atoms with E-state index >= 15 is 0 Å². The van der Waals surface area contributed by atoms with Crippen molar-refractivity contribution in [3.8, 4) is 0 Å². The standard InChI is InChI=1S/C11H16O3/c1-9(12)11(13)14-10-7-5-3-2-4-6-8-10/h2-3,10,12H,1,4-8H2. The van der Waals surface area contributed by atoms with Crippen LogP contribution >= 0.6 is 0 Å². The fourth-order valence-corrected chi connectivity index (χ4v) is 1.46. The summed E-state index contributed by atoms with van der Waals surface area (Å²) in [6.45, 7) is 3.13. The van der Waals surface area contributed by atoms with Crippen LogP contribution in [0.25, 0.3) is 0 Å². The Bertz CT molecular complexity index is 243. The zero-order chi connectivity index (χ0) is 10.4. The molecule has 1 N–H and O–H groups in total. The van der Waals surface area contributed by atoms with E-state index in [1.165, 1.54) is 0 Å². The first-order valence-corrected chi connectivity index (χ1v) is 4.94. The zero-order valence-corrected chi connectivity index (χ0v) is 8.24. The molecule has 0 spiro atoms. The van der Waals surface area contributed by atoms with Gasteiger partial charge in [-0.3, -0.25) is 0 Å². The third-order valence-corrected chi connectivity index (χ3v) is 2.23. The summed E-state index contributed by atoms with van der Waals surface area (Å²) in [6.07, 6.45) is 8.86. The maximum Gasteiger partial charge on any atom is 0.372 e. The predicted octanol–water partition coefficient (Wildman–Crippen LogP) is 2.49. The minimum Gasteiger partial charge on any atom is -0.502 e. The summed E-state index contributed by atoms with van der Waals surface area (Å²) >= 11 is 0. The maximum absolute atomic E-state index is 11.0. The molecule has 14 heavy (non-hydrogen) atoms. The number of carbonyl (C=O) groups is 1. The lowest BCUT2D eigenvalue weighted by Crippen LogP contribution is -2.19. The average molecular weight is 196 g/mol. The van der Waals surface area contributed by atoms with E-state index in [0.717, 1.165) is 32.1 Å². The summed E-state index contributed by atoms with van der Waals surface area (Å²) in [5.41, 5.74) is 0. The van der Waals surface area contributed by atoms with E-state index in [9.17, 15) is 4.79 Å². The third-order valence-electron chi connectivity index (χ3n) is 2.23. The Kier molecular flexibility index (Phi) is 4.23. The summed E-state index contributed by atoms with van der Waals surface area (Å²) in [7, 11) is 0. The Morgan fingerprint density at radius 2 is 2.07 bits per heavy atom. The van der Waals surface area contributed by atoms with Crippen LogP contribution in [0.2, 0.25) is 0 Å². The van der Waals surface area contributed by atoms with Gasteiger partial charge >= 0.3 is 5.97 Å². The normalized spacial score (nSPS) is 22.1. The molecule has 0 radical (unpaired) electrons. The van der Waals surface area contributed by atoms with Crippen LogP contribution in [-0.4, -0.2) is 17.2 Å². The van der Waals surface area contributed by atoms with Gasteiger partial charge in [-0.1, -0.05) is 12.2 Å². The smallest absolute Gasteiger partial charge is 0.372 e. The lowest BCUT2D eigenvalue weighted by molar-refractivity contribution is -0.148. The fraction of sp³-hybridized carbons (Fsp3) is 0.545. The molecular formula is C11H16O3. The highest BCUT2D eigenvalue weighted by atomic mass is 16.6. The lowest BCUT2D eigenvalue weighted by Gasteiger charge is -2.17. The van der Waals surface area contributed by atoms with Crippen LogP contribution < -0.4 is 0 Å². The first-order chi connectivity index (χ1) is 6.70. The molecule has 0 amide bonds. The van der Waals surface area contributed by atoms with Crippen molar-refractivity contribution in [3.63, 3.8) is 0 Å². The number of aliphatic hydroxyl groups is 1. The van der Waals surface area contributed by atoms with E-state index in [0.29, 0.717) is 0 Å². The molecule has 1 rings (SSSR count). The van der Waals surface area contributed by atoms with Crippen molar-refractivity contribution in [2.45, 2.75) is 38.2 Å². The molecule has 0 bridgehead atoms. The minimum atomic E-state index is -0.695. The van der Waals surface area contributed by atoms with E-state index in [1.54, 1.807) is 0 Å². The summed E-state index contributed by atoms with van der Waals surface area (Å²) in [5.74, 6) is -1.21. The second-order valence-electron chi connectivity index (χ2n) is 3.45. The Labute approximate surface area is 84.1 Å². The molecule has 0 saturated carbocycles. The highest BCUT2D eigenvalue weighted by Gasteiger charge is 2.15. The number of aliphatic hydroxyl groups excluding tert-OH is 1. The van der Waals surface area contributed by atoms with Gasteiger partial charge in [0.15, 0.2) is 5.76 Å². The van der Waals surface area contributed by atoms with Crippen LogP contribution in [0.5, 0.6) is 0 Å². The molecule has 0 aromatic heterocycles. The number of carbonyl (C=O) groups excluding carboxylic acids is 1. The van der Waals surface area contributed by atoms with E-state index in [1.807, 2.05) is 0 Å². The number of rotatable bonds is 2. The molecule has 3 heteroatoms. The zero-order valence-electron chi connectivity index (χ0n) is 8.24. The highest BCUT2D eigenvalue weighted by molar-refractivity contribution is 5.85. The molecule has 1 unspecified atom stereocenters. The second-order valence-corrected chi connectivity index (χ2v) is 3.45. The highest BCUT2D eigenvalue weighted by Crippen LogP contribution is 2.16. The maximum atomic E-state index is 11.0. The van der Waals surface area contributed by atoms with Crippen molar-refractivity contribution in [1.82, 2.24) is 0 Å². The Hall–Kier alpha value is -1.25. The first kappa shape index (κ1) is 10.8. The number of hydrogen-bond acceptors (Lipinski definition) is 3. The quantitative estimate of drug-likeness (QED) is 0.319. The van der Waals surface area contributed by atoms with Gasteiger partial charge in [-0.2, -0.15) is 0 Å². The Balaban J connectivity index is 2.39. The van der Waals surface area contributed by atoms with Gasteiger partial charge in [0.2, 0.25) is 0 Å². The Morgan fingerprint density at radius 1 is 1.36 bits per heavy atom. The molecule has 0 heterocycles. The van der Waals surface area contributed by atoms with Crippen LogP contribution in [-0.2, 0) is 9.53 Å². The molecule has 1 aliphatic rings. The predicted molar refractivity (Wildman–Crippen MR) is 53.9 cm³/mol. The van der Waals surface area contributed by atoms with Gasteiger partial charge in [0, 0.05) is 0 Å². The first-order valence-electron chi connectivity index (χ1n) is 4.94. The summed E-state index contributed by atoms with van der Waals surface area (Å²) in [5, 5.41) is 8.79. The molecule has 3 nitrogen and oxygen atoms in total. The fourth-order valence-electron chi connectivity index (χ4n) is 1.46. The minimum absolute atomic E-state index is 0.0728. The number of hydrogen-bond donors (Lipinski definition) is 1. The summed E-state index contributed by atoms with van der Waals surface area (Å²) in [6, 6.07) is 0. The average Bonchev–Trinajstić information content (AvgIpc) is 2.08. The van der Waals surface area contributed by atoms with Crippen molar-refractivity contribution in [1.29, 1.82) is 0 Å². The summed E-state index contributed by atoms with van der Waals surface area (Å²) in [4.78, 5) is 11.0. The van der Waals surface area contributed by atoms with Gasteiger partial charge in [-0.25, -0.2) is 4.79 Å². The molecule has 0 aromatic carbocycles. The van der Waals surface area contributed by atoms with Crippen LogP contribution in [0.3, 0.4) is 0 Å². The monoisotopic (exact) mass is 196 g/mol. The molecule has 0 fully saturated rings. The van der Waals surface area contributed by atoms with Gasteiger partial charge in [0.25, 0.3) is 0 Å². The topological polar surface area (TPSA) is 46.5 Å². The van der Waals surface area contributed by atoms with E-state index in [2.05, 4.69) is 18.7 Å². The van der Waals surface area contributed by atoms with Crippen molar-refractivity contribution in [3.05, 3.63) is 24.5 Å². The number of ether oxygens (including phenoxy) is 1. The molecule has 0 aliphatic heterocycles. The van der Waals surface area contributed by atoms with E-state index in [-0.39, 0.29) is 6.10 Å². The summed E-state index contributed by atoms with van der Waals surface area (Å²) < 4.78 is 5.07. The lowest BCUT2D eigenvalue weighted by atomic mass is 10.0. The molecule has 0 saturated heterocycles. The van der Waals surface area contributed by atoms with Gasteiger partial charge < -0.3 is 9.84 Å². The SMILES string of the molecule is C=C(O)C(=O)OC1CCC=CCCC1. The van der Waals surface area contributed by atoms with Crippen molar-refractivity contribution >= 4 is 5.97 Å². The van der Waals surface area contributed by atoms with Gasteiger partial charge in [-0.05, 0) is 38.7 Å².